The van der Waals surface area contributed by atoms with Crippen LogP contribution in [0.2, 0.25) is 0 Å². The number of benzene rings is 1. The van der Waals surface area contributed by atoms with Crippen molar-refractivity contribution in [1.82, 2.24) is 4.98 Å². The molecule has 3 N–H and O–H groups in total. The highest BCUT2D eigenvalue weighted by Crippen LogP contribution is 2.16. The fourth-order valence-electron chi connectivity index (χ4n) is 1.51. The first-order valence-electron chi connectivity index (χ1n) is 5.36. The van der Waals surface area contributed by atoms with E-state index < -0.39 is 11.7 Å². The first-order chi connectivity index (χ1) is 8.58. The van der Waals surface area contributed by atoms with E-state index in [2.05, 4.69) is 10.3 Å². The standard InChI is InChI=1S/C13H12FN3O/c1-8-4-5-10(14)9(7-8)13(18)17-12-11(15)3-2-6-16-12/h2-7H,15H2,1H3,(H,16,17,18). The zero-order valence-electron chi connectivity index (χ0n) is 9.77. The average Bonchev–Trinajstić information content (AvgIpc) is 2.35. The molecule has 1 aromatic carbocycles. The molecule has 0 fully saturated rings. The number of nitrogens with zero attached hydrogens (tertiary/aromatic N) is 1. The lowest BCUT2D eigenvalue weighted by Crippen LogP contribution is -2.16. The minimum atomic E-state index is -0.576. The van der Waals surface area contributed by atoms with Crippen LogP contribution in [0.3, 0.4) is 0 Å². The van der Waals surface area contributed by atoms with Crippen LogP contribution in [-0.4, -0.2) is 10.9 Å². The molecule has 2 aromatic rings. The summed E-state index contributed by atoms with van der Waals surface area (Å²) >= 11 is 0. The number of nitrogens with two attached hydrogens (primary N) is 1. The molecule has 1 aromatic heterocycles. The van der Waals surface area contributed by atoms with Crippen molar-refractivity contribution in [3.8, 4) is 0 Å². The minimum Gasteiger partial charge on any atom is -0.396 e. The molecule has 0 radical (unpaired) electrons. The van der Waals surface area contributed by atoms with Gasteiger partial charge in [0, 0.05) is 6.20 Å². The Morgan fingerprint density at radius 1 is 1.39 bits per heavy atom. The number of hydrogen-bond donors (Lipinski definition) is 2. The molecule has 1 amide bonds. The molecule has 0 aliphatic heterocycles. The number of nitrogen functional groups attached to an aromatic ring is 1. The monoisotopic (exact) mass is 245 g/mol. The number of carbonyl (C=O) groups excluding carboxylic acids is 1. The van der Waals surface area contributed by atoms with Gasteiger partial charge in [-0.25, -0.2) is 9.37 Å². The maximum absolute atomic E-state index is 13.5. The molecule has 2 rings (SSSR count). The molecule has 0 spiro atoms. The van der Waals surface area contributed by atoms with Crippen LogP contribution in [0.25, 0.3) is 0 Å². The summed E-state index contributed by atoms with van der Waals surface area (Å²) in [4.78, 5) is 15.8. The first kappa shape index (κ1) is 12.0. The summed E-state index contributed by atoms with van der Waals surface area (Å²) in [5.41, 5.74) is 6.75. The Morgan fingerprint density at radius 2 is 2.17 bits per heavy atom. The molecule has 0 bridgehead atoms. The van der Waals surface area contributed by atoms with E-state index in [0.717, 1.165) is 5.56 Å². The SMILES string of the molecule is Cc1ccc(F)c(C(=O)Nc2ncccc2N)c1. The van der Waals surface area contributed by atoms with E-state index in [1.807, 2.05) is 0 Å². The second-order valence-corrected chi connectivity index (χ2v) is 3.88. The predicted octanol–water partition coefficient (Wildman–Crippen LogP) is 2.36. The van der Waals surface area contributed by atoms with E-state index in [1.54, 1.807) is 25.1 Å². The summed E-state index contributed by atoms with van der Waals surface area (Å²) in [7, 11) is 0. The molecular formula is C13H12FN3O. The topological polar surface area (TPSA) is 68.0 Å². The van der Waals surface area contributed by atoms with Gasteiger partial charge in [-0.15, -0.1) is 0 Å². The zero-order valence-corrected chi connectivity index (χ0v) is 9.77. The second kappa shape index (κ2) is 4.83. The van der Waals surface area contributed by atoms with Gasteiger partial charge in [0.25, 0.3) is 5.91 Å². The highest BCUT2D eigenvalue weighted by atomic mass is 19.1. The van der Waals surface area contributed by atoms with Crippen molar-refractivity contribution in [2.75, 3.05) is 11.1 Å². The normalized spacial score (nSPS) is 10.1. The molecule has 5 heteroatoms. The van der Waals surface area contributed by atoms with Crippen LogP contribution in [0, 0.1) is 12.7 Å². The Kier molecular flexibility index (Phi) is 3.23. The third-order valence-corrected chi connectivity index (χ3v) is 2.44. The molecule has 4 nitrogen and oxygen atoms in total. The smallest absolute Gasteiger partial charge is 0.259 e. The van der Waals surface area contributed by atoms with Crippen molar-refractivity contribution in [3.63, 3.8) is 0 Å². The van der Waals surface area contributed by atoms with Crippen molar-refractivity contribution in [1.29, 1.82) is 0 Å². The minimum absolute atomic E-state index is 0.0277. The van der Waals surface area contributed by atoms with Crippen LogP contribution >= 0.6 is 0 Å². The van der Waals surface area contributed by atoms with Crippen LogP contribution in [0.4, 0.5) is 15.9 Å². The van der Waals surface area contributed by atoms with E-state index in [-0.39, 0.29) is 11.4 Å². The van der Waals surface area contributed by atoms with E-state index in [9.17, 15) is 9.18 Å². The van der Waals surface area contributed by atoms with Crippen molar-refractivity contribution in [3.05, 3.63) is 53.5 Å². The molecule has 0 aliphatic rings. The molecule has 18 heavy (non-hydrogen) atoms. The van der Waals surface area contributed by atoms with Gasteiger partial charge in [0.05, 0.1) is 11.3 Å². The quantitative estimate of drug-likeness (QED) is 0.853. The Labute approximate surface area is 104 Å². The third-order valence-electron chi connectivity index (χ3n) is 2.44. The van der Waals surface area contributed by atoms with Crippen LogP contribution in [0.15, 0.2) is 36.5 Å². The van der Waals surface area contributed by atoms with Gasteiger partial charge in [-0.05, 0) is 31.2 Å². The second-order valence-electron chi connectivity index (χ2n) is 3.88. The fraction of sp³-hybridized carbons (Fsp3) is 0.0769. The maximum atomic E-state index is 13.5. The van der Waals surface area contributed by atoms with Gasteiger partial charge in [-0.3, -0.25) is 4.79 Å². The van der Waals surface area contributed by atoms with Crippen LogP contribution in [-0.2, 0) is 0 Å². The summed E-state index contributed by atoms with van der Waals surface area (Å²) in [6.45, 7) is 1.78. The zero-order chi connectivity index (χ0) is 13.1. The number of rotatable bonds is 2. The fourth-order valence-corrected chi connectivity index (χ4v) is 1.51. The number of amides is 1. The number of aromatic nitrogens is 1. The Bertz CT molecular complexity index is 599. The van der Waals surface area contributed by atoms with Crippen molar-refractivity contribution in [2.45, 2.75) is 6.92 Å². The third kappa shape index (κ3) is 2.45. The number of pyridine rings is 1. The number of hydrogen-bond acceptors (Lipinski definition) is 3. The number of halogens is 1. The first-order valence-corrected chi connectivity index (χ1v) is 5.36. The van der Waals surface area contributed by atoms with Crippen molar-refractivity contribution < 1.29 is 9.18 Å². The van der Waals surface area contributed by atoms with Crippen LogP contribution < -0.4 is 11.1 Å². The summed E-state index contributed by atoms with van der Waals surface area (Å²) in [5, 5.41) is 2.48. The van der Waals surface area contributed by atoms with Gasteiger partial charge < -0.3 is 11.1 Å². The highest BCUT2D eigenvalue weighted by Gasteiger charge is 2.13. The van der Waals surface area contributed by atoms with E-state index in [4.69, 9.17) is 5.73 Å². The molecule has 92 valence electrons. The lowest BCUT2D eigenvalue weighted by Gasteiger charge is -2.07. The Hall–Kier alpha value is -2.43. The van der Waals surface area contributed by atoms with E-state index in [0.29, 0.717) is 5.69 Å². The number of nitrogens with one attached hydrogen (secondary N) is 1. The predicted molar refractivity (Wildman–Crippen MR) is 67.7 cm³/mol. The van der Waals surface area contributed by atoms with Gasteiger partial charge in [0.1, 0.15) is 5.82 Å². The van der Waals surface area contributed by atoms with Crippen molar-refractivity contribution >= 4 is 17.4 Å². The largest absolute Gasteiger partial charge is 0.396 e. The summed E-state index contributed by atoms with van der Waals surface area (Å²) in [6, 6.07) is 7.59. The summed E-state index contributed by atoms with van der Waals surface area (Å²) < 4.78 is 13.5. The lowest BCUT2D eigenvalue weighted by atomic mass is 10.1. The van der Waals surface area contributed by atoms with E-state index >= 15 is 0 Å². The van der Waals surface area contributed by atoms with Gasteiger partial charge in [0.15, 0.2) is 5.82 Å². The Balaban J connectivity index is 2.28. The van der Waals surface area contributed by atoms with Crippen LogP contribution in [0.1, 0.15) is 15.9 Å². The highest BCUT2D eigenvalue weighted by molar-refractivity contribution is 6.05. The lowest BCUT2D eigenvalue weighted by molar-refractivity contribution is 0.102. The number of anilines is 2. The average molecular weight is 245 g/mol. The van der Waals surface area contributed by atoms with Crippen LogP contribution in [0.5, 0.6) is 0 Å². The molecule has 0 aliphatic carbocycles. The molecule has 0 unspecified atom stereocenters. The number of aryl methyl sites for hydroxylation is 1. The van der Waals surface area contributed by atoms with Gasteiger partial charge in [-0.1, -0.05) is 11.6 Å². The van der Waals surface area contributed by atoms with Gasteiger partial charge >= 0.3 is 0 Å². The molecule has 0 saturated heterocycles. The van der Waals surface area contributed by atoms with Gasteiger partial charge in [0.2, 0.25) is 0 Å². The molecular weight excluding hydrogens is 233 g/mol. The van der Waals surface area contributed by atoms with Gasteiger partial charge in [-0.2, -0.15) is 0 Å². The maximum Gasteiger partial charge on any atom is 0.259 e. The van der Waals surface area contributed by atoms with E-state index in [1.165, 1.54) is 18.3 Å². The molecule has 1 heterocycles. The summed E-state index contributed by atoms with van der Waals surface area (Å²) in [5.74, 6) is -0.919. The summed E-state index contributed by atoms with van der Waals surface area (Å²) in [6.07, 6.45) is 1.50. The number of carbonyl (C=O) groups is 1. The van der Waals surface area contributed by atoms with Crippen molar-refractivity contribution in [2.24, 2.45) is 0 Å². The molecule has 0 atom stereocenters. The Morgan fingerprint density at radius 3 is 2.89 bits per heavy atom. The molecule has 0 saturated carbocycles.